The van der Waals surface area contributed by atoms with Crippen molar-refractivity contribution < 1.29 is 14.3 Å². The third kappa shape index (κ3) is 5.17. The number of hydrogen-bond acceptors (Lipinski definition) is 9. The Morgan fingerprint density at radius 2 is 1.90 bits per heavy atom. The third-order valence-electron chi connectivity index (χ3n) is 6.08. The predicted molar refractivity (Wildman–Crippen MR) is 146 cm³/mol. The number of benzene rings is 1. The molecule has 0 fully saturated rings. The third-order valence-corrected chi connectivity index (χ3v) is 6.08. The molecule has 0 aliphatic carbocycles. The lowest BCUT2D eigenvalue weighted by Gasteiger charge is -2.21. The molecule has 12 nitrogen and oxygen atoms in total. The first-order chi connectivity index (χ1) is 18.9. The number of nitrogens with zero attached hydrogens (tertiary/aromatic N) is 7. The van der Waals surface area contributed by atoms with E-state index in [0.717, 1.165) is 11.3 Å². The molecule has 200 valence electrons. The number of nitrogens with one attached hydrogen (secondary N) is 1. The van der Waals surface area contributed by atoms with E-state index in [1.807, 2.05) is 36.2 Å². The molecule has 0 radical (unpaired) electrons. The standard InChI is InChI=1S/C27H28N8O4/c1-5-39-27(37)22-16-28-25-21(32(2)17-18-8-10-19(38-4)11-9-18)15-23(30-35(22)25)29-20-7-6-13-34(26(20)36)24-12-14-33(3)31-24/h6-16H,5,17H2,1-4H3,(H,29,30). The molecule has 0 saturated carbocycles. The van der Waals surface area contributed by atoms with Gasteiger partial charge in [0.2, 0.25) is 0 Å². The molecule has 5 rings (SSSR count). The Balaban J connectivity index is 1.56. The molecule has 39 heavy (non-hydrogen) atoms. The van der Waals surface area contributed by atoms with Crippen molar-refractivity contribution in [2.24, 2.45) is 7.05 Å². The summed E-state index contributed by atoms with van der Waals surface area (Å²) in [6.45, 7) is 2.49. The van der Waals surface area contributed by atoms with E-state index in [4.69, 9.17) is 9.47 Å². The molecular formula is C27H28N8O4. The number of anilines is 3. The maximum atomic E-state index is 13.3. The summed E-state index contributed by atoms with van der Waals surface area (Å²) >= 11 is 0. The average Bonchev–Trinajstić information content (AvgIpc) is 3.56. The summed E-state index contributed by atoms with van der Waals surface area (Å²) in [7, 11) is 5.32. The Kier molecular flexibility index (Phi) is 7.00. The molecule has 4 aromatic heterocycles. The first-order valence-corrected chi connectivity index (χ1v) is 12.3. The zero-order chi connectivity index (χ0) is 27.5. The number of hydrogen-bond donors (Lipinski definition) is 1. The highest BCUT2D eigenvalue weighted by atomic mass is 16.5. The largest absolute Gasteiger partial charge is 0.497 e. The maximum absolute atomic E-state index is 13.3. The number of rotatable bonds is 9. The van der Waals surface area contributed by atoms with Crippen molar-refractivity contribution in [1.29, 1.82) is 0 Å². The van der Waals surface area contributed by atoms with E-state index in [2.05, 4.69) is 20.5 Å². The second-order valence-electron chi connectivity index (χ2n) is 8.79. The van der Waals surface area contributed by atoms with Crippen LogP contribution in [0.5, 0.6) is 5.75 Å². The first kappa shape index (κ1) is 25.5. The molecule has 0 spiro atoms. The zero-order valence-electron chi connectivity index (χ0n) is 22.0. The lowest BCUT2D eigenvalue weighted by Crippen LogP contribution is -2.22. The summed E-state index contributed by atoms with van der Waals surface area (Å²) in [5.41, 5.74) is 2.37. The fourth-order valence-electron chi connectivity index (χ4n) is 4.17. The minimum Gasteiger partial charge on any atom is -0.497 e. The molecule has 0 bridgehead atoms. The fourth-order valence-corrected chi connectivity index (χ4v) is 4.17. The molecule has 12 heteroatoms. The van der Waals surface area contributed by atoms with E-state index in [1.54, 1.807) is 62.4 Å². The van der Waals surface area contributed by atoms with Crippen molar-refractivity contribution in [3.05, 3.63) is 88.7 Å². The van der Waals surface area contributed by atoms with Crippen molar-refractivity contribution in [2.75, 3.05) is 31.0 Å². The van der Waals surface area contributed by atoms with Crippen LogP contribution in [-0.2, 0) is 18.3 Å². The van der Waals surface area contributed by atoms with E-state index in [1.165, 1.54) is 15.3 Å². The van der Waals surface area contributed by atoms with Crippen LogP contribution in [0, 0.1) is 0 Å². The smallest absolute Gasteiger partial charge is 0.358 e. The zero-order valence-corrected chi connectivity index (χ0v) is 22.0. The summed E-state index contributed by atoms with van der Waals surface area (Å²) < 4.78 is 15.0. The van der Waals surface area contributed by atoms with E-state index >= 15 is 0 Å². The average molecular weight is 529 g/mol. The molecule has 0 amide bonds. The minimum atomic E-state index is -0.546. The van der Waals surface area contributed by atoms with Gasteiger partial charge in [0.1, 0.15) is 11.4 Å². The Labute approximate surface area is 224 Å². The molecule has 0 saturated heterocycles. The summed E-state index contributed by atoms with van der Waals surface area (Å²) in [5.74, 6) is 1.06. The summed E-state index contributed by atoms with van der Waals surface area (Å²) in [4.78, 5) is 32.4. The number of ether oxygens (including phenoxy) is 2. The van der Waals surface area contributed by atoms with Crippen LogP contribution in [0.25, 0.3) is 11.5 Å². The number of pyridine rings is 1. The molecular weight excluding hydrogens is 500 g/mol. The Morgan fingerprint density at radius 3 is 2.59 bits per heavy atom. The molecule has 0 unspecified atom stereocenters. The summed E-state index contributed by atoms with van der Waals surface area (Å²) in [5, 5.41) is 12.0. The highest BCUT2D eigenvalue weighted by molar-refractivity contribution is 5.89. The van der Waals surface area contributed by atoms with Gasteiger partial charge in [-0.2, -0.15) is 5.10 Å². The number of carbonyl (C=O) groups is 1. The van der Waals surface area contributed by atoms with Gasteiger partial charge in [-0.25, -0.2) is 14.3 Å². The van der Waals surface area contributed by atoms with Gasteiger partial charge in [0.25, 0.3) is 5.56 Å². The van der Waals surface area contributed by atoms with Gasteiger partial charge in [-0.3, -0.25) is 14.0 Å². The van der Waals surface area contributed by atoms with E-state index < -0.39 is 5.97 Å². The Morgan fingerprint density at radius 1 is 1.10 bits per heavy atom. The van der Waals surface area contributed by atoms with Crippen molar-refractivity contribution >= 4 is 28.8 Å². The number of aryl methyl sites for hydroxylation is 1. The van der Waals surface area contributed by atoms with Crippen LogP contribution in [0.2, 0.25) is 0 Å². The van der Waals surface area contributed by atoms with Gasteiger partial charge in [0.05, 0.1) is 25.6 Å². The molecule has 0 atom stereocenters. The Hall–Kier alpha value is -5.13. The van der Waals surface area contributed by atoms with Crippen molar-refractivity contribution in [2.45, 2.75) is 13.5 Å². The number of esters is 1. The molecule has 1 N–H and O–H groups in total. The SMILES string of the molecule is CCOC(=O)c1cnc2c(N(C)Cc3ccc(OC)cc3)cc(Nc3cccn(-c4ccn(C)n4)c3=O)nn12. The highest BCUT2D eigenvalue weighted by Crippen LogP contribution is 2.27. The fraction of sp³-hybridized carbons (Fsp3) is 0.222. The van der Waals surface area contributed by atoms with Crippen LogP contribution in [-0.4, -0.2) is 55.7 Å². The topological polar surface area (TPSA) is 121 Å². The van der Waals surface area contributed by atoms with Gasteiger partial charge in [0, 0.05) is 45.2 Å². The van der Waals surface area contributed by atoms with Crippen molar-refractivity contribution in [3.63, 3.8) is 0 Å². The van der Waals surface area contributed by atoms with E-state index in [-0.39, 0.29) is 23.5 Å². The van der Waals surface area contributed by atoms with E-state index in [0.29, 0.717) is 29.5 Å². The number of fused-ring (bicyclic) bond motifs is 1. The van der Waals surface area contributed by atoms with Gasteiger partial charge in [-0.05, 0) is 36.8 Å². The number of aromatic nitrogens is 6. The monoisotopic (exact) mass is 528 g/mol. The van der Waals surface area contributed by atoms with Crippen LogP contribution < -0.4 is 20.5 Å². The van der Waals surface area contributed by atoms with Gasteiger partial charge < -0.3 is 19.7 Å². The van der Waals surface area contributed by atoms with Crippen LogP contribution in [0.4, 0.5) is 17.2 Å². The lowest BCUT2D eigenvalue weighted by molar-refractivity contribution is 0.0517. The van der Waals surface area contributed by atoms with Gasteiger partial charge in [-0.15, -0.1) is 5.10 Å². The van der Waals surface area contributed by atoms with Crippen LogP contribution in [0.1, 0.15) is 23.0 Å². The van der Waals surface area contributed by atoms with Crippen LogP contribution in [0.15, 0.2) is 71.9 Å². The van der Waals surface area contributed by atoms with Crippen LogP contribution in [0.3, 0.4) is 0 Å². The number of methoxy groups -OCH3 is 1. The van der Waals surface area contributed by atoms with Gasteiger partial charge in [0.15, 0.2) is 23.0 Å². The molecule has 5 aromatic rings. The Bertz CT molecular complexity index is 1690. The quantitative estimate of drug-likeness (QED) is 0.288. The van der Waals surface area contributed by atoms with Crippen molar-refractivity contribution in [1.82, 2.24) is 28.9 Å². The molecule has 0 aliphatic rings. The number of imidazole rings is 1. The van der Waals surface area contributed by atoms with Crippen LogP contribution >= 0.6 is 0 Å². The second-order valence-corrected chi connectivity index (χ2v) is 8.79. The first-order valence-electron chi connectivity index (χ1n) is 12.3. The van der Waals surface area contributed by atoms with E-state index in [9.17, 15) is 9.59 Å². The predicted octanol–water partition coefficient (Wildman–Crippen LogP) is 3.18. The summed E-state index contributed by atoms with van der Waals surface area (Å²) in [6, 6.07) is 14.7. The maximum Gasteiger partial charge on any atom is 0.358 e. The minimum absolute atomic E-state index is 0.175. The molecule has 0 aliphatic heterocycles. The summed E-state index contributed by atoms with van der Waals surface area (Å²) in [6.07, 6.45) is 4.85. The highest BCUT2D eigenvalue weighted by Gasteiger charge is 2.20. The molecule has 1 aromatic carbocycles. The molecule has 4 heterocycles. The number of carbonyl (C=O) groups excluding carboxylic acids is 1. The van der Waals surface area contributed by atoms with Crippen molar-refractivity contribution in [3.8, 4) is 11.6 Å². The van der Waals surface area contributed by atoms with Gasteiger partial charge >= 0.3 is 5.97 Å². The lowest BCUT2D eigenvalue weighted by atomic mass is 10.2. The van der Waals surface area contributed by atoms with Gasteiger partial charge in [-0.1, -0.05) is 12.1 Å². The second kappa shape index (κ2) is 10.7. The normalized spacial score (nSPS) is 11.0.